The van der Waals surface area contributed by atoms with Crippen LogP contribution in [0.25, 0.3) is 11.0 Å². The molecule has 2 heterocycles. The number of likely N-dealkylation sites (tertiary alicyclic amines) is 1. The fourth-order valence-corrected chi connectivity index (χ4v) is 7.21. The van der Waals surface area contributed by atoms with Gasteiger partial charge in [-0.1, -0.05) is 107 Å². The van der Waals surface area contributed by atoms with Crippen molar-refractivity contribution in [2.75, 3.05) is 13.1 Å². The monoisotopic (exact) mass is 500 g/mol. The molecule has 200 valence electrons. The molecular formula is C33H48N4. The molecule has 5 rings (SSSR count). The van der Waals surface area contributed by atoms with Gasteiger partial charge in [-0.25, -0.2) is 4.98 Å². The lowest BCUT2D eigenvalue weighted by Crippen LogP contribution is -2.50. The predicted octanol–water partition coefficient (Wildman–Crippen LogP) is 8.28. The molecule has 2 N–H and O–H groups in total. The molecule has 4 heteroatoms. The fourth-order valence-electron chi connectivity index (χ4n) is 7.21. The summed E-state index contributed by atoms with van der Waals surface area (Å²) < 4.78 is 2.55. The van der Waals surface area contributed by atoms with Crippen LogP contribution in [-0.4, -0.2) is 27.5 Å². The van der Waals surface area contributed by atoms with E-state index < -0.39 is 0 Å². The summed E-state index contributed by atoms with van der Waals surface area (Å²) in [5.41, 5.74) is 11.0. The Morgan fingerprint density at radius 3 is 2.27 bits per heavy atom. The number of piperidine rings is 1. The number of benzene rings is 2. The zero-order valence-electron chi connectivity index (χ0n) is 23.1. The first-order valence-corrected chi connectivity index (χ1v) is 15.3. The van der Waals surface area contributed by atoms with Gasteiger partial charge in [0.25, 0.3) is 0 Å². The van der Waals surface area contributed by atoms with Gasteiger partial charge in [0.05, 0.1) is 17.1 Å². The van der Waals surface area contributed by atoms with Gasteiger partial charge in [0.2, 0.25) is 0 Å². The SMILES string of the molecule is CCCCCCCC(N)c1nc2ccccc2n1C1CCN(C2(c3ccccc3)CCCCCC2)CC1. The molecule has 1 saturated heterocycles. The fraction of sp³-hybridized carbons (Fsp3) is 0.606. The van der Waals surface area contributed by atoms with E-state index in [2.05, 4.69) is 71.0 Å². The summed E-state index contributed by atoms with van der Waals surface area (Å²) in [5.74, 6) is 1.11. The number of hydrogen-bond acceptors (Lipinski definition) is 3. The van der Waals surface area contributed by atoms with Gasteiger partial charge in [0.15, 0.2) is 0 Å². The highest BCUT2D eigenvalue weighted by atomic mass is 15.2. The number of imidazole rings is 1. The summed E-state index contributed by atoms with van der Waals surface area (Å²) in [5, 5.41) is 0. The lowest BCUT2D eigenvalue weighted by molar-refractivity contribution is 0.0354. The van der Waals surface area contributed by atoms with Crippen LogP contribution in [-0.2, 0) is 5.54 Å². The minimum atomic E-state index is 0.0181. The Kier molecular flexibility index (Phi) is 8.99. The average Bonchev–Trinajstić information content (AvgIpc) is 3.16. The van der Waals surface area contributed by atoms with Crippen LogP contribution in [0.15, 0.2) is 54.6 Å². The van der Waals surface area contributed by atoms with Crippen molar-refractivity contribution in [2.45, 2.75) is 114 Å². The lowest BCUT2D eigenvalue weighted by Gasteiger charge is -2.48. The molecular weight excluding hydrogens is 452 g/mol. The van der Waals surface area contributed by atoms with Crippen LogP contribution >= 0.6 is 0 Å². The van der Waals surface area contributed by atoms with Gasteiger partial charge in [0, 0.05) is 24.7 Å². The van der Waals surface area contributed by atoms with Gasteiger partial charge in [-0.2, -0.15) is 0 Å². The second kappa shape index (κ2) is 12.6. The van der Waals surface area contributed by atoms with Gasteiger partial charge in [-0.3, -0.25) is 4.90 Å². The van der Waals surface area contributed by atoms with E-state index in [4.69, 9.17) is 10.7 Å². The number of hydrogen-bond donors (Lipinski definition) is 1. The highest BCUT2D eigenvalue weighted by Gasteiger charge is 2.40. The molecule has 0 bridgehead atoms. The lowest BCUT2D eigenvalue weighted by atomic mass is 9.79. The number of rotatable bonds is 10. The first kappa shape index (κ1) is 26.4. The second-order valence-electron chi connectivity index (χ2n) is 11.7. The molecule has 1 atom stereocenters. The zero-order valence-corrected chi connectivity index (χ0v) is 23.1. The molecule has 1 aromatic heterocycles. The maximum Gasteiger partial charge on any atom is 0.127 e. The number of nitrogens with zero attached hydrogens (tertiary/aromatic N) is 3. The van der Waals surface area contributed by atoms with Crippen molar-refractivity contribution >= 4 is 11.0 Å². The normalized spacial score (nSPS) is 20.2. The highest BCUT2D eigenvalue weighted by molar-refractivity contribution is 5.76. The van der Waals surface area contributed by atoms with Crippen LogP contribution in [0.3, 0.4) is 0 Å². The van der Waals surface area contributed by atoms with Gasteiger partial charge >= 0.3 is 0 Å². The van der Waals surface area contributed by atoms with Gasteiger partial charge < -0.3 is 10.3 Å². The Balaban J connectivity index is 1.35. The highest BCUT2D eigenvalue weighted by Crippen LogP contribution is 2.44. The molecule has 1 aliphatic heterocycles. The van der Waals surface area contributed by atoms with Crippen molar-refractivity contribution in [3.8, 4) is 0 Å². The summed E-state index contributed by atoms with van der Waals surface area (Å²) in [6, 6.07) is 20.6. The minimum Gasteiger partial charge on any atom is -0.323 e. The molecule has 37 heavy (non-hydrogen) atoms. The Hall–Kier alpha value is -2.17. The molecule has 2 aromatic carbocycles. The smallest absolute Gasteiger partial charge is 0.127 e. The molecule has 4 nitrogen and oxygen atoms in total. The number of unbranched alkanes of at least 4 members (excludes halogenated alkanes) is 4. The molecule has 1 saturated carbocycles. The van der Waals surface area contributed by atoms with Crippen molar-refractivity contribution in [3.05, 3.63) is 66.0 Å². The van der Waals surface area contributed by atoms with Crippen LogP contribution in [0.1, 0.15) is 120 Å². The average molecular weight is 501 g/mol. The topological polar surface area (TPSA) is 47.1 Å². The third-order valence-electron chi connectivity index (χ3n) is 9.25. The van der Waals surface area contributed by atoms with Crippen LogP contribution in [0.2, 0.25) is 0 Å². The molecule has 3 aromatic rings. The number of para-hydroxylation sites is 2. The van der Waals surface area contributed by atoms with Crippen molar-refractivity contribution in [1.29, 1.82) is 0 Å². The van der Waals surface area contributed by atoms with E-state index in [1.807, 2.05) is 0 Å². The van der Waals surface area contributed by atoms with Gasteiger partial charge in [-0.05, 0) is 49.8 Å². The quantitative estimate of drug-likeness (QED) is 0.225. The van der Waals surface area contributed by atoms with Gasteiger partial charge in [0.1, 0.15) is 5.82 Å². The van der Waals surface area contributed by atoms with Crippen molar-refractivity contribution < 1.29 is 0 Å². The minimum absolute atomic E-state index is 0.0181. The van der Waals surface area contributed by atoms with E-state index in [9.17, 15) is 0 Å². The zero-order chi connectivity index (χ0) is 25.5. The molecule has 0 radical (unpaired) electrons. The molecule has 0 amide bonds. The second-order valence-corrected chi connectivity index (χ2v) is 11.7. The van der Waals surface area contributed by atoms with Crippen molar-refractivity contribution in [2.24, 2.45) is 5.73 Å². The van der Waals surface area contributed by atoms with E-state index >= 15 is 0 Å². The Morgan fingerprint density at radius 2 is 1.54 bits per heavy atom. The largest absolute Gasteiger partial charge is 0.323 e. The predicted molar refractivity (Wildman–Crippen MR) is 156 cm³/mol. The van der Waals surface area contributed by atoms with E-state index in [1.165, 1.54) is 94.6 Å². The molecule has 0 spiro atoms. The molecule has 2 fully saturated rings. The van der Waals surface area contributed by atoms with Crippen LogP contribution in [0.5, 0.6) is 0 Å². The summed E-state index contributed by atoms with van der Waals surface area (Å²) in [6.07, 6.45) is 17.8. The number of fused-ring (bicyclic) bond motifs is 1. The summed E-state index contributed by atoms with van der Waals surface area (Å²) in [6.45, 7) is 4.58. The van der Waals surface area contributed by atoms with Gasteiger partial charge in [-0.15, -0.1) is 0 Å². The third-order valence-corrected chi connectivity index (χ3v) is 9.25. The van der Waals surface area contributed by atoms with Crippen LogP contribution < -0.4 is 5.73 Å². The van der Waals surface area contributed by atoms with E-state index in [-0.39, 0.29) is 11.6 Å². The maximum absolute atomic E-state index is 6.85. The summed E-state index contributed by atoms with van der Waals surface area (Å²) in [7, 11) is 0. The first-order chi connectivity index (χ1) is 18.2. The van der Waals surface area contributed by atoms with Crippen LogP contribution in [0.4, 0.5) is 0 Å². The number of aromatic nitrogens is 2. The number of nitrogens with two attached hydrogens (primary N) is 1. The first-order valence-electron chi connectivity index (χ1n) is 15.3. The summed E-state index contributed by atoms with van der Waals surface area (Å²) >= 11 is 0. The maximum atomic E-state index is 6.85. The Labute approximate surface area is 224 Å². The Morgan fingerprint density at radius 1 is 0.865 bits per heavy atom. The summed E-state index contributed by atoms with van der Waals surface area (Å²) in [4.78, 5) is 7.97. The van der Waals surface area contributed by atoms with Crippen LogP contribution in [0, 0.1) is 0 Å². The standard InChI is InChI=1S/C33H48N4/c1-2-3-4-5-11-18-29(34)32-35-30-19-12-13-20-31(30)37(32)28-21-25-36(26-22-28)33(23-14-6-7-15-24-33)27-16-9-8-10-17-27/h8-10,12-13,16-17,19-20,28-29H,2-7,11,14-15,18,21-26,34H2,1H3. The van der Waals surface area contributed by atoms with Crippen molar-refractivity contribution in [1.82, 2.24) is 14.5 Å². The van der Waals surface area contributed by atoms with E-state index in [0.717, 1.165) is 30.9 Å². The molecule has 2 aliphatic rings. The van der Waals surface area contributed by atoms with E-state index in [0.29, 0.717) is 6.04 Å². The molecule has 1 aliphatic carbocycles. The Bertz CT molecular complexity index is 1090. The molecule has 1 unspecified atom stereocenters. The van der Waals surface area contributed by atoms with Crippen molar-refractivity contribution in [3.63, 3.8) is 0 Å². The van der Waals surface area contributed by atoms with E-state index in [1.54, 1.807) is 0 Å². The third kappa shape index (κ3) is 5.81.